The zero-order valence-electron chi connectivity index (χ0n) is 13.8. The number of aromatic nitrogens is 2. The van der Waals surface area contributed by atoms with Gasteiger partial charge in [-0.3, -0.25) is 4.79 Å². The van der Waals surface area contributed by atoms with E-state index in [1.54, 1.807) is 12.1 Å². The molecule has 0 aliphatic carbocycles. The van der Waals surface area contributed by atoms with E-state index in [-0.39, 0.29) is 11.4 Å². The second kappa shape index (κ2) is 6.93. The quantitative estimate of drug-likeness (QED) is 0.855. The highest BCUT2D eigenvalue weighted by molar-refractivity contribution is 6.35. The van der Waals surface area contributed by atoms with Gasteiger partial charge in [-0.25, -0.2) is 4.68 Å². The molecular formula is C17H21Cl2N3O. The number of nitrogens with one attached hydrogen (secondary N) is 1. The van der Waals surface area contributed by atoms with Crippen LogP contribution in [0.15, 0.2) is 24.3 Å². The van der Waals surface area contributed by atoms with Crippen LogP contribution >= 0.6 is 23.2 Å². The van der Waals surface area contributed by atoms with E-state index in [0.29, 0.717) is 28.7 Å². The molecule has 0 radical (unpaired) electrons. The molecule has 2 aromatic rings. The van der Waals surface area contributed by atoms with Gasteiger partial charge in [0.05, 0.1) is 11.2 Å². The molecule has 0 saturated carbocycles. The number of aryl methyl sites for hydroxylation is 2. The Morgan fingerprint density at radius 2 is 1.96 bits per heavy atom. The topological polar surface area (TPSA) is 46.9 Å². The number of rotatable bonds is 4. The second-order valence-electron chi connectivity index (χ2n) is 6.54. The number of hydrogen-bond donors (Lipinski definition) is 1. The zero-order valence-corrected chi connectivity index (χ0v) is 15.3. The van der Waals surface area contributed by atoms with E-state index in [0.717, 1.165) is 11.3 Å². The van der Waals surface area contributed by atoms with Crippen molar-refractivity contribution in [2.24, 2.45) is 0 Å². The van der Waals surface area contributed by atoms with Crippen molar-refractivity contribution in [3.05, 3.63) is 45.6 Å². The van der Waals surface area contributed by atoms with Gasteiger partial charge < -0.3 is 5.32 Å². The van der Waals surface area contributed by atoms with Gasteiger partial charge in [-0.15, -0.1) is 0 Å². The number of carbonyl (C=O) groups excluding carboxylic acids is 1. The fourth-order valence-electron chi connectivity index (χ4n) is 2.28. The van der Waals surface area contributed by atoms with Crippen LogP contribution in [0.3, 0.4) is 0 Å². The van der Waals surface area contributed by atoms with E-state index in [4.69, 9.17) is 23.2 Å². The molecule has 0 saturated heterocycles. The largest absolute Gasteiger partial charge is 0.311 e. The van der Waals surface area contributed by atoms with Crippen LogP contribution in [0.25, 0.3) is 0 Å². The number of halogens is 2. The lowest BCUT2D eigenvalue weighted by Gasteiger charge is -2.22. The van der Waals surface area contributed by atoms with Gasteiger partial charge in [0.1, 0.15) is 5.82 Å². The molecule has 23 heavy (non-hydrogen) atoms. The van der Waals surface area contributed by atoms with Crippen molar-refractivity contribution in [1.29, 1.82) is 0 Å². The van der Waals surface area contributed by atoms with Crippen LogP contribution in [0.1, 0.15) is 38.4 Å². The summed E-state index contributed by atoms with van der Waals surface area (Å²) in [6.45, 7) is 8.04. The summed E-state index contributed by atoms with van der Waals surface area (Å²) in [6.07, 6.45) is 0.903. The van der Waals surface area contributed by atoms with Gasteiger partial charge >= 0.3 is 0 Å². The van der Waals surface area contributed by atoms with E-state index < -0.39 is 0 Å². The molecule has 4 nitrogen and oxygen atoms in total. The van der Waals surface area contributed by atoms with Crippen molar-refractivity contribution in [3.8, 4) is 0 Å². The molecule has 0 spiro atoms. The van der Waals surface area contributed by atoms with E-state index in [1.165, 1.54) is 0 Å². The minimum Gasteiger partial charge on any atom is -0.311 e. The standard InChI is InChI=1S/C17H21Cl2N3O/c1-11-9-15(22(21-11)17(2,3)4)20-16(23)8-6-12-5-7-13(18)10-14(12)19/h5,7,9-10H,6,8H2,1-4H3,(H,20,23). The summed E-state index contributed by atoms with van der Waals surface area (Å²) in [6, 6.07) is 7.19. The van der Waals surface area contributed by atoms with Crippen LogP contribution in [0.2, 0.25) is 10.0 Å². The summed E-state index contributed by atoms with van der Waals surface area (Å²) in [5.41, 5.74) is 1.58. The first-order valence-electron chi connectivity index (χ1n) is 7.48. The van der Waals surface area contributed by atoms with E-state index in [9.17, 15) is 4.79 Å². The molecule has 124 valence electrons. The average Bonchev–Trinajstić information content (AvgIpc) is 2.78. The molecular weight excluding hydrogens is 333 g/mol. The first-order valence-corrected chi connectivity index (χ1v) is 8.23. The Balaban J connectivity index is 2.03. The van der Waals surface area contributed by atoms with Gasteiger partial charge in [0.2, 0.25) is 5.91 Å². The Kier molecular flexibility index (Phi) is 5.37. The van der Waals surface area contributed by atoms with Crippen molar-refractivity contribution in [2.75, 3.05) is 5.32 Å². The molecule has 0 bridgehead atoms. The maximum atomic E-state index is 12.2. The van der Waals surface area contributed by atoms with E-state index in [2.05, 4.69) is 10.4 Å². The molecule has 0 atom stereocenters. The lowest BCUT2D eigenvalue weighted by molar-refractivity contribution is -0.116. The second-order valence-corrected chi connectivity index (χ2v) is 7.38. The van der Waals surface area contributed by atoms with Gasteiger partial charge in [0.15, 0.2) is 0 Å². The highest BCUT2D eigenvalue weighted by atomic mass is 35.5. The van der Waals surface area contributed by atoms with Crippen LogP contribution in [0, 0.1) is 6.92 Å². The number of hydrogen-bond acceptors (Lipinski definition) is 2. The number of anilines is 1. The summed E-state index contributed by atoms with van der Waals surface area (Å²) in [4.78, 5) is 12.2. The fourth-order valence-corrected chi connectivity index (χ4v) is 2.78. The van der Waals surface area contributed by atoms with Crippen LogP contribution in [0.5, 0.6) is 0 Å². The molecule has 6 heteroatoms. The summed E-state index contributed by atoms with van der Waals surface area (Å²) in [5, 5.41) is 8.55. The van der Waals surface area contributed by atoms with E-state index in [1.807, 2.05) is 44.5 Å². The average molecular weight is 354 g/mol. The predicted octanol–water partition coefficient (Wildman–Crippen LogP) is 4.82. The monoisotopic (exact) mass is 353 g/mol. The van der Waals surface area contributed by atoms with Crippen molar-refractivity contribution in [2.45, 2.75) is 46.1 Å². The normalized spacial score (nSPS) is 11.6. The van der Waals surface area contributed by atoms with E-state index >= 15 is 0 Å². The summed E-state index contributed by atoms with van der Waals surface area (Å²) in [7, 11) is 0. The summed E-state index contributed by atoms with van der Waals surface area (Å²) < 4.78 is 1.83. The summed E-state index contributed by atoms with van der Waals surface area (Å²) in [5.74, 6) is 0.642. The minimum absolute atomic E-state index is 0.0681. The first-order chi connectivity index (χ1) is 10.7. The molecule has 1 heterocycles. The van der Waals surface area contributed by atoms with Gasteiger partial charge in [-0.1, -0.05) is 29.3 Å². The Bertz CT molecular complexity index is 717. The first kappa shape index (κ1) is 17.8. The smallest absolute Gasteiger partial charge is 0.225 e. The van der Waals surface area contributed by atoms with Crippen LogP contribution < -0.4 is 5.32 Å². The molecule has 2 rings (SSSR count). The van der Waals surface area contributed by atoms with Crippen molar-refractivity contribution in [3.63, 3.8) is 0 Å². The van der Waals surface area contributed by atoms with Crippen molar-refractivity contribution < 1.29 is 4.79 Å². The van der Waals surface area contributed by atoms with Crippen LogP contribution in [0.4, 0.5) is 5.82 Å². The molecule has 0 aliphatic rings. The molecule has 0 aliphatic heterocycles. The van der Waals surface area contributed by atoms with Gasteiger partial charge in [0.25, 0.3) is 0 Å². The Morgan fingerprint density at radius 3 is 2.57 bits per heavy atom. The maximum absolute atomic E-state index is 12.2. The Labute approximate surface area is 146 Å². The Morgan fingerprint density at radius 1 is 1.26 bits per heavy atom. The number of benzene rings is 1. The van der Waals surface area contributed by atoms with Gasteiger partial charge in [-0.2, -0.15) is 5.10 Å². The third kappa shape index (κ3) is 4.72. The third-order valence-corrected chi connectivity index (χ3v) is 3.96. The molecule has 1 aromatic carbocycles. The molecule has 0 unspecified atom stereocenters. The molecule has 0 fully saturated rings. The number of carbonyl (C=O) groups is 1. The van der Waals surface area contributed by atoms with Crippen molar-refractivity contribution >= 4 is 34.9 Å². The minimum atomic E-state index is -0.198. The number of amides is 1. The summed E-state index contributed by atoms with van der Waals surface area (Å²) >= 11 is 12.0. The van der Waals surface area contributed by atoms with Crippen LogP contribution in [-0.2, 0) is 16.8 Å². The maximum Gasteiger partial charge on any atom is 0.225 e. The predicted molar refractivity (Wildman–Crippen MR) is 95.4 cm³/mol. The fraction of sp³-hybridized carbons (Fsp3) is 0.412. The molecule has 1 aromatic heterocycles. The lowest BCUT2D eigenvalue weighted by Crippen LogP contribution is -2.26. The van der Waals surface area contributed by atoms with Crippen molar-refractivity contribution in [1.82, 2.24) is 9.78 Å². The molecule has 1 amide bonds. The third-order valence-electron chi connectivity index (χ3n) is 3.37. The van der Waals surface area contributed by atoms with Crippen LogP contribution in [-0.4, -0.2) is 15.7 Å². The highest BCUT2D eigenvalue weighted by Gasteiger charge is 2.20. The van der Waals surface area contributed by atoms with Gasteiger partial charge in [-0.05, 0) is 51.8 Å². The van der Waals surface area contributed by atoms with Gasteiger partial charge in [0, 0.05) is 22.5 Å². The SMILES string of the molecule is Cc1cc(NC(=O)CCc2ccc(Cl)cc2Cl)n(C(C)(C)C)n1. The highest BCUT2D eigenvalue weighted by Crippen LogP contribution is 2.23. The zero-order chi connectivity index (χ0) is 17.2. The molecule has 1 N–H and O–H groups in total. The Hall–Kier alpha value is -1.52. The number of nitrogens with zero attached hydrogens (tertiary/aromatic N) is 2. The lowest BCUT2D eigenvalue weighted by atomic mass is 10.1.